The molecule has 0 fully saturated rings. The molecule has 2 atom stereocenters. The lowest BCUT2D eigenvalue weighted by Crippen LogP contribution is -2.40. The van der Waals surface area contributed by atoms with Gasteiger partial charge in [0, 0.05) is 12.8 Å². The Bertz CT molecular complexity index is 2110. The minimum absolute atomic E-state index is 0.161. The van der Waals surface area contributed by atoms with E-state index in [9.17, 15) is 19.5 Å². The summed E-state index contributed by atoms with van der Waals surface area (Å²) < 4.78 is 22.8. The molecule has 0 radical (unpaired) electrons. The van der Waals surface area contributed by atoms with E-state index in [2.05, 4.69) is 220 Å². The standard InChI is InChI=1S/C74H111NO8/c1-6-8-10-12-14-16-18-20-22-24-26-27-28-29-30-31-32-33-34-35-36-37-38-39-40-41-42-43-44-45-47-49-51-53-55-57-59-61-63-65-72(77)83-70(69-82-74(73(78)79)80-67-66-75(3,4)5)68-81-71(76)64-62-60-58-56-54-52-50-48-46-25-23-21-19-17-15-13-11-9-7-2/h8-11,14-17,20-23,26-27,29-30,32-33,35-36,38-39,41-42,44-46,48-49,51-52,54-55,57,70,74H,6-7,12-13,18-19,24-25,28,31,34,37,40,43,47,50,53,56,58-69H2,1-5H3/p+1/b10-8-,11-9-,16-14-,17-15-,22-20-,23-21-,27-26-,30-29-,33-32-,36-35-,39-38-,42-41-,45-44-,48-46-,51-49-,54-52-,57-55-. The Kier molecular flexibility index (Phi) is 57.4. The maximum atomic E-state index is 12.9. The van der Waals surface area contributed by atoms with Gasteiger partial charge in [0.25, 0.3) is 6.29 Å². The average Bonchev–Trinajstić information content (AvgIpc) is 3.46. The number of rotatable bonds is 54. The van der Waals surface area contributed by atoms with Crippen LogP contribution in [0.4, 0.5) is 0 Å². The molecular formula is C74H112NO8+. The van der Waals surface area contributed by atoms with Gasteiger partial charge in [-0.15, -0.1) is 0 Å². The lowest BCUT2D eigenvalue weighted by atomic mass is 10.1. The number of unbranched alkanes of at least 4 members (excludes halogenated alkanes) is 5. The van der Waals surface area contributed by atoms with Crippen LogP contribution in [0.3, 0.4) is 0 Å². The summed E-state index contributed by atoms with van der Waals surface area (Å²) in [5.74, 6) is -2.14. The van der Waals surface area contributed by atoms with Crippen molar-refractivity contribution >= 4 is 17.9 Å². The number of ether oxygens (including phenoxy) is 4. The molecule has 0 aromatic rings. The number of quaternary nitrogens is 1. The Morgan fingerprint density at radius 2 is 0.651 bits per heavy atom. The van der Waals surface area contributed by atoms with Crippen LogP contribution in [0.25, 0.3) is 0 Å². The monoisotopic (exact) mass is 1140 g/mol. The van der Waals surface area contributed by atoms with Gasteiger partial charge in [-0.2, -0.15) is 0 Å². The molecule has 2 unspecified atom stereocenters. The number of hydrogen-bond donors (Lipinski definition) is 1. The molecule has 1 N–H and O–H groups in total. The Balaban J connectivity index is 4.37. The predicted molar refractivity (Wildman–Crippen MR) is 354 cm³/mol. The van der Waals surface area contributed by atoms with E-state index >= 15 is 0 Å². The number of carbonyl (C=O) groups is 3. The fourth-order valence-corrected chi connectivity index (χ4v) is 7.31. The summed E-state index contributed by atoms with van der Waals surface area (Å²) in [5.41, 5.74) is 0. The summed E-state index contributed by atoms with van der Waals surface area (Å²) in [6.45, 7) is 4.51. The molecule has 0 aromatic heterocycles. The molecular weight excluding hydrogens is 1030 g/mol. The van der Waals surface area contributed by atoms with E-state index in [1.165, 1.54) is 0 Å². The van der Waals surface area contributed by atoms with Crippen LogP contribution in [0.15, 0.2) is 207 Å². The van der Waals surface area contributed by atoms with Gasteiger partial charge in [-0.25, -0.2) is 4.79 Å². The van der Waals surface area contributed by atoms with Crippen molar-refractivity contribution < 1.29 is 42.9 Å². The Hall–Kier alpha value is -6.13. The Morgan fingerprint density at radius 1 is 0.361 bits per heavy atom. The van der Waals surface area contributed by atoms with Crippen LogP contribution in [-0.4, -0.2) is 87.4 Å². The maximum absolute atomic E-state index is 12.9. The lowest BCUT2D eigenvalue weighted by molar-refractivity contribution is -0.870. The van der Waals surface area contributed by atoms with Crippen LogP contribution in [0.2, 0.25) is 0 Å². The van der Waals surface area contributed by atoms with Crippen molar-refractivity contribution in [1.29, 1.82) is 0 Å². The molecule has 460 valence electrons. The second-order valence-electron chi connectivity index (χ2n) is 20.9. The van der Waals surface area contributed by atoms with Crippen LogP contribution in [0.5, 0.6) is 0 Å². The van der Waals surface area contributed by atoms with Gasteiger partial charge < -0.3 is 28.5 Å². The smallest absolute Gasteiger partial charge is 0.361 e. The fourth-order valence-electron chi connectivity index (χ4n) is 7.31. The van der Waals surface area contributed by atoms with Crippen LogP contribution in [0.1, 0.15) is 181 Å². The molecule has 0 aliphatic heterocycles. The molecule has 83 heavy (non-hydrogen) atoms. The summed E-state index contributed by atoms with van der Waals surface area (Å²) in [4.78, 5) is 37.4. The summed E-state index contributed by atoms with van der Waals surface area (Å²) in [5, 5.41) is 9.71. The van der Waals surface area contributed by atoms with Crippen LogP contribution in [-0.2, 0) is 33.3 Å². The number of allylic oxidation sites excluding steroid dienone is 34. The second kappa shape index (κ2) is 61.9. The number of nitrogens with zero attached hydrogens (tertiary/aromatic N) is 1. The Morgan fingerprint density at radius 3 is 0.964 bits per heavy atom. The number of hydrogen-bond acceptors (Lipinski definition) is 7. The second-order valence-corrected chi connectivity index (χ2v) is 20.9. The lowest BCUT2D eigenvalue weighted by Gasteiger charge is -2.25. The highest BCUT2D eigenvalue weighted by Crippen LogP contribution is 2.11. The Labute approximate surface area is 505 Å². The molecule has 9 nitrogen and oxygen atoms in total. The van der Waals surface area contributed by atoms with Gasteiger partial charge in [0.15, 0.2) is 6.10 Å². The van der Waals surface area contributed by atoms with Gasteiger partial charge in [0.2, 0.25) is 0 Å². The zero-order valence-electron chi connectivity index (χ0n) is 52.2. The molecule has 0 aromatic carbocycles. The maximum Gasteiger partial charge on any atom is 0.361 e. The molecule has 0 saturated carbocycles. The van der Waals surface area contributed by atoms with Crippen molar-refractivity contribution in [2.45, 2.75) is 193 Å². The molecule has 0 aliphatic rings. The van der Waals surface area contributed by atoms with E-state index in [4.69, 9.17) is 18.9 Å². The third-order valence-electron chi connectivity index (χ3n) is 12.0. The number of carboxylic acid groups (broad SMARTS) is 1. The number of likely N-dealkylation sites (N-methyl/N-ethyl adjacent to an activating group) is 1. The zero-order valence-corrected chi connectivity index (χ0v) is 52.2. The van der Waals surface area contributed by atoms with Crippen molar-refractivity contribution in [2.24, 2.45) is 0 Å². The van der Waals surface area contributed by atoms with E-state index in [1.807, 2.05) is 21.1 Å². The minimum atomic E-state index is -1.55. The highest BCUT2D eigenvalue weighted by molar-refractivity contribution is 5.71. The molecule has 0 heterocycles. The van der Waals surface area contributed by atoms with Gasteiger partial charge in [0.05, 0.1) is 34.4 Å². The van der Waals surface area contributed by atoms with Crippen molar-refractivity contribution in [2.75, 3.05) is 47.5 Å². The fraction of sp³-hybridized carbons (Fsp3) is 0.500. The van der Waals surface area contributed by atoms with Gasteiger partial charge in [-0.05, 0) is 148 Å². The van der Waals surface area contributed by atoms with Crippen molar-refractivity contribution in [1.82, 2.24) is 0 Å². The van der Waals surface area contributed by atoms with Gasteiger partial charge in [-0.1, -0.05) is 227 Å². The average molecular weight is 1140 g/mol. The highest BCUT2D eigenvalue weighted by atomic mass is 16.7. The summed E-state index contributed by atoms with van der Waals surface area (Å²) in [6.07, 6.45) is 95.0. The van der Waals surface area contributed by atoms with Gasteiger partial charge in [0.1, 0.15) is 13.2 Å². The van der Waals surface area contributed by atoms with Crippen molar-refractivity contribution in [3.63, 3.8) is 0 Å². The third-order valence-corrected chi connectivity index (χ3v) is 12.0. The normalized spacial score (nSPS) is 14.2. The largest absolute Gasteiger partial charge is 0.477 e. The van der Waals surface area contributed by atoms with E-state index in [0.29, 0.717) is 23.9 Å². The number of aliphatic carboxylic acids is 1. The van der Waals surface area contributed by atoms with E-state index < -0.39 is 30.3 Å². The van der Waals surface area contributed by atoms with Gasteiger partial charge in [-0.3, -0.25) is 9.59 Å². The predicted octanol–water partition coefficient (Wildman–Crippen LogP) is 19.2. The number of carbonyl (C=O) groups excluding carboxylic acids is 2. The molecule has 0 amide bonds. The minimum Gasteiger partial charge on any atom is -0.477 e. The number of carboxylic acids is 1. The molecule has 9 heteroatoms. The topological polar surface area (TPSA) is 108 Å². The SMILES string of the molecule is CC/C=C\C/C=C\C/C=C\C/C=C\C/C=C\C/C=C\C/C=C\C/C=C\C/C=C\C/C=C\C/C=C\C/C=C\CCCCC(=O)OC(COC(=O)CCCCC/C=C\C/C=C\C/C=C\C/C=C\C/C=C\CC)COC(OCC[N+](C)(C)C)C(=O)O. The summed E-state index contributed by atoms with van der Waals surface area (Å²) in [6, 6.07) is 0. The first kappa shape index (κ1) is 76.9. The van der Waals surface area contributed by atoms with Crippen molar-refractivity contribution in [3.8, 4) is 0 Å². The van der Waals surface area contributed by atoms with Crippen LogP contribution < -0.4 is 0 Å². The van der Waals surface area contributed by atoms with E-state index in [-0.39, 0.29) is 32.7 Å². The molecule has 0 aliphatic carbocycles. The van der Waals surface area contributed by atoms with Crippen LogP contribution in [0, 0.1) is 0 Å². The van der Waals surface area contributed by atoms with Crippen molar-refractivity contribution in [3.05, 3.63) is 207 Å². The number of esters is 2. The first-order valence-corrected chi connectivity index (χ1v) is 31.2. The van der Waals surface area contributed by atoms with E-state index in [1.54, 1.807) is 0 Å². The molecule has 0 spiro atoms. The molecule has 0 saturated heterocycles. The van der Waals surface area contributed by atoms with Crippen LogP contribution >= 0.6 is 0 Å². The highest BCUT2D eigenvalue weighted by Gasteiger charge is 2.25. The third kappa shape index (κ3) is 63.3. The zero-order chi connectivity index (χ0) is 60.5. The van der Waals surface area contributed by atoms with Gasteiger partial charge >= 0.3 is 17.9 Å². The first-order chi connectivity index (χ1) is 40.6. The first-order valence-electron chi connectivity index (χ1n) is 31.2. The van der Waals surface area contributed by atoms with E-state index in [0.717, 1.165) is 141 Å². The molecule has 0 bridgehead atoms. The summed E-state index contributed by atoms with van der Waals surface area (Å²) in [7, 11) is 5.92. The molecule has 0 rings (SSSR count). The summed E-state index contributed by atoms with van der Waals surface area (Å²) >= 11 is 0. The quantitative estimate of drug-likeness (QED) is 0.0211.